The van der Waals surface area contributed by atoms with Crippen LogP contribution in [0.5, 0.6) is 5.88 Å². The van der Waals surface area contributed by atoms with Crippen LogP contribution in [0.1, 0.15) is 30.1 Å². The summed E-state index contributed by atoms with van der Waals surface area (Å²) in [6, 6.07) is 3.30. The van der Waals surface area contributed by atoms with Gasteiger partial charge in [-0.3, -0.25) is 4.79 Å². The lowest BCUT2D eigenvalue weighted by atomic mass is 9.94. The van der Waals surface area contributed by atoms with Crippen molar-refractivity contribution in [2.45, 2.75) is 25.8 Å². The third-order valence-electron chi connectivity index (χ3n) is 5.01. The third-order valence-corrected chi connectivity index (χ3v) is 6.88. The van der Waals surface area contributed by atoms with Gasteiger partial charge in [-0.15, -0.1) is 0 Å². The molecule has 0 saturated carbocycles. The summed E-state index contributed by atoms with van der Waals surface area (Å²) in [4.78, 5) is 19.1. The smallest absolute Gasteiger partial charge is 0.281 e. The minimum atomic E-state index is -3.49. The summed E-state index contributed by atoms with van der Waals surface area (Å²) in [5.41, 5.74) is 0.434. The van der Waals surface area contributed by atoms with Gasteiger partial charge < -0.3 is 9.64 Å². The van der Waals surface area contributed by atoms with Crippen molar-refractivity contribution in [3.8, 4) is 5.88 Å². The number of fused-ring (bicyclic) bond motifs is 4. The number of hydrogen-bond acceptors (Lipinski definition) is 5. The molecule has 0 N–H and O–H groups in total. The number of piperidine rings is 1. The lowest BCUT2D eigenvalue weighted by molar-refractivity contribution is 0.0583. The maximum absolute atomic E-state index is 13.2. The van der Waals surface area contributed by atoms with Crippen molar-refractivity contribution in [2.75, 3.05) is 40.3 Å². The van der Waals surface area contributed by atoms with Crippen molar-refractivity contribution in [2.24, 2.45) is 5.92 Å². The highest BCUT2D eigenvalue weighted by Gasteiger charge is 2.42. The van der Waals surface area contributed by atoms with E-state index < -0.39 is 10.2 Å². The topological polar surface area (TPSA) is 83.0 Å². The zero-order valence-electron chi connectivity index (χ0n) is 15.5. The molecule has 0 spiro atoms. The van der Waals surface area contributed by atoms with Crippen LogP contribution in [0, 0.1) is 5.92 Å². The van der Waals surface area contributed by atoms with E-state index in [4.69, 9.17) is 4.74 Å². The number of carbonyl (C=O) groups is 1. The largest absolute Gasteiger partial charge is 0.477 e. The molecule has 4 rings (SSSR count). The number of hydrogen-bond donors (Lipinski definition) is 0. The minimum absolute atomic E-state index is 0.134. The van der Waals surface area contributed by atoms with Gasteiger partial charge in [0.2, 0.25) is 5.88 Å². The lowest BCUT2D eigenvalue weighted by Gasteiger charge is -2.36. The molecule has 4 heterocycles. The molecule has 3 saturated heterocycles. The van der Waals surface area contributed by atoms with Gasteiger partial charge in [-0.25, -0.2) is 4.98 Å². The number of amides is 1. The van der Waals surface area contributed by atoms with Crippen LogP contribution in [0.4, 0.5) is 0 Å². The van der Waals surface area contributed by atoms with Gasteiger partial charge in [0.05, 0.1) is 6.61 Å². The Bertz CT molecular complexity index is 768. The van der Waals surface area contributed by atoms with E-state index in [9.17, 15) is 13.2 Å². The Labute approximate surface area is 154 Å². The Hall–Kier alpha value is -1.71. The monoisotopic (exact) mass is 382 g/mol. The van der Waals surface area contributed by atoms with Crippen molar-refractivity contribution < 1.29 is 17.9 Å². The Kier molecular flexibility index (Phi) is 5.50. The molecule has 144 valence electrons. The first-order chi connectivity index (χ1) is 12.3. The second-order valence-electron chi connectivity index (χ2n) is 6.95. The molecular weight excluding hydrogens is 356 g/mol. The summed E-state index contributed by atoms with van der Waals surface area (Å²) < 4.78 is 33.4. The number of rotatable bonds is 5. The normalized spacial score (nSPS) is 23.9. The summed E-state index contributed by atoms with van der Waals surface area (Å²) in [7, 11) is -0.414. The van der Waals surface area contributed by atoms with Crippen LogP contribution >= 0.6 is 0 Å². The average Bonchev–Trinajstić information content (AvgIpc) is 2.94. The van der Waals surface area contributed by atoms with Crippen molar-refractivity contribution in [1.29, 1.82) is 0 Å². The molecule has 0 unspecified atom stereocenters. The molecule has 2 bridgehead atoms. The van der Waals surface area contributed by atoms with E-state index in [1.54, 1.807) is 23.2 Å². The van der Waals surface area contributed by atoms with Gasteiger partial charge in [-0.05, 0) is 37.8 Å². The highest BCUT2D eigenvalue weighted by Crippen LogP contribution is 2.31. The fraction of sp³-hybridized carbons (Fsp3) is 0.647. The van der Waals surface area contributed by atoms with Crippen LogP contribution in [-0.4, -0.2) is 79.2 Å². The first-order valence-corrected chi connectivity index (χ1v) is 10.3. The number of ether oxygens (including phenoxy) is 1. The Balaban J connectivity index is 1.86. The summed E-state index contributed by atoms with van der Waals surface area (Å²) in [5.74, 6) is 0.331. The van der Waals surface area contributed by atoms with Gasteiger partial charge in [0.15, 0.2) is 0 Å². The van der Waals surface area contributed by atoms with Gasteiger partial charge in [-0.2, -0.15) is 17.0 Å². The molecule has 8 nitrogen and oxygen atoms in total. The fourth-order valence-corrected chi connectivity index (χ4v) is 4.89. The first-order valence-electron chi connectivity index (χ1n) is 8.91. The van der Waals surface area contributed by atoms with Crippen LogP contribution in [0.15, 0.2) is 18.3 Å². The van der Waals surface area contributed by atoms with Crippen LogP contribution in [0.25, 0.3) is 0 Å². The summed E-state index contributed by atoms with van der Waals surface area (Å²) in [6.07, 6.45) is 3.33. The van der Waals surface area contributed by atoms with Gasteiger partial charge >= 0.3 is 0 Å². The standard InChI is InChI=1S/C17H26N4O4S/c1-4-25-16-15(6-5-9-18-16)17(22)21-11-13-7-8-14(21)12-20(10-13)26(23,24)19(2)3/h5-6,9,13-14H,4,7-8,10-12H2,1-3H3/t13-,14+/m1/s1. The maximum Gasteiger partial charge on any atom is 0.281 e. The van der Waals surface area contributed by atoms with Gasteiger partial charge in [-0.1, -0.05) is 0 Å². The average molecular weight is 382 g/mol. The van der Waals surface area contributed by atoms with E-state index in [0.29, 0.717) is 37.7 Å². The predicted molar refractivity (Wildman–Crippen MR) is 97.1 cm³/mol. The maximum atomic E-state index is 13.2. The lowest BCUT2D eigenvalue weighted by Crippen LogP contribution is -2.48. The zero-order valence-corrected chi connectivity index (χ0v) is 16.3. The number of nitrogens with zero attached hydrogens (tertiary/aromatic N) is 4. The van der Waals surface area contributed by atoms with Gasteiger partial charge in [0, 0.05) is 46.0 Å². The Morgan fingerprint density at radius 2 is 2.08 bits per heavy atom. The van der Waals surface area contributed by atoms with Crippen molar-refractivity contribution in [1.82, 2.24) is 18.5 Å². The SMILES string of the molecule is CCOc1ncccc1C(=O)N1C[C@@H]2CC[C@H]1CN(S(=O)(=O)N(C)C)C2. The van der Waals surface area contributed by atoms with E-state index in [-0.39, 0.29) is 17.9 Å². The summed E-state index contributed by atoms with van der Waals surface area (Å²) in [6.45, 7) is 3.61. The highest BCUT2D eigenvalue weighted by molar-refractivity contribution is 7.86. The molecule has 0 aromatic carbocycles. The van der Waals surface area contributed by atoms with E-state index in [0.717, 1.165) is 12.8 Å². The predicted octanol–water partition coefficient (Wildman–Crippen LogP) is 0.823. The molecule has 26 heavy (non-hydrogen) atoms. The fourth-order valence-electron chi connectivity index (χ4n) is 3.67. The molecule has 3 fully saturated rings. The first kappa shape index (κ1) is 19.1. The Morgan fingerprint density at radius 3 is 2.77 bits per heavy atom. The summed E-state index contributed by atoms with van der Waals surface area (Å²) in [5, 5.41) is 0. The minimum Gasteiger partial charge on any atom is -0.477 e. The molecular formula is C17H26N4O4S. The molecule has 3 aliphatic heterocycles. The number of pyridine rings is 1. The highest BCUT2D eigenvalue weighted by atomic mass is 32.2. The Morgan fingerprint density at radius 1 is 1.31 bits per heavy atom. The second-order valence-corrected chi connectivity index (χ2v) is 9.09. The zero-order chi connectivity index (χ0) is 18.9. The molecule has 2 atom stereocenters. The molecule has 1 aromatic heterocycles. The second kappa shape index (κ2) is 7.50. The van der Waals surface area contributed by atoms with Crippen molar-refractivity contribution >= 4 is 16.1 Å². The quantitative estimate of drug-likeness (QED) is 0.753. The summed E-state index contributed by atoms with van der Waals surface area (Å²) >= 11 is 0. The van der Waals surface area contributed by atoms with E-state index in [2.05, 4.69) is 4.98 Å². The van der Waals surface area contributed by atoms with E-state index in [1.165, 1.54) is 22.7 Å². The molecule has 0 radical (unpaired) electrons. The molecule has 1 amide bonds. The molecule has 9 heteroatoms. The van der Waals surface area contributed by atoms with Crippen molar-refractivity contribution in [3.05, 3.63) is 23.9 Å². The van der Waals surface area contributed by atoms with E-state index >= 15 is 0 Å². The van der Waals surface area contributed by atoms with Gasteiger partial charge in [0.1, 0.15) is 5.56 Å². The van der Waals surface area contributed by atoms with E-state index in [1.807, 2.05) is 6.92 Å². The third kappa shape index (κ3) is 3.56. The van der Waals surface area contributed by atoms with Gasteiger partial charge in [0.25, 0.3) is 16.1 Å². The molecule has 1 aromatic rings. The van der Waals surface area contributed by atoms with Crippen molar-refractivity contribution in [3.63, 3.8) is 0 Å². The number of carbonyl (C=O) groups excluding carboxylic acids is 1. The van der Waals surface area contributed by atoms with Crippen LogP contribution in [0.2, 0.25) is 0 Å². The molecule has 3 aliphatic rings. The number of aromatic nitrogens is 1. The van der Waals surface area contributed by atoms with Crippen LogP contribution in [0.3, 0.4) is 0 Å². The van der Waals surface area contributed by atoms with Crippen LogP contribution < -0.4 is 4.74 Å². The molecule has 0 aliphatic carbocycles. The van der Waals surface area contributed by atoms with Crippen LogP contribution in [-0.2, 0) is 10.2 Å².